The van der Waals surface area contributed by atoms with Crippen LogP contribution in [0.3, 0.4) is 0 Å². The van der Waals surface area contributed by atoms with Gasteiger partial charge >= 0.3 is 5.97 Å². The Bertz CT molecular complexity index is 352. The molecule has 1 aromatic rings. The monoisotopic (exact) mass is 260 g/mol. The number of aryl methyl sites for hydroxylation is 1. The number of hydrogen-bond acceptors (Lipinski definition) is 2. The molecular formula is C10H13BrO3. The van der Waals surface area contributed by atoms with Gasteiger partial charge in [0, 0.05) is 6.42 Å². The fourth-order valence-corrected chi connectivity index (χ4v) is 1.67. The van der Waals surface area contributed by atoms with Crippen molar-refractivity contribution in [2.45, 2.75) is 27.2 Å². The van der Waals surface area contributed by atoms with Crippen LogP contribution in [0.2, 0.25) is 0 Å². The molecule has 78 valence electrons. The average Bonchev–Trinajstić information content (AvgIpc) is 2.29. The normalized spacial score (nSPS) is 11.7. The van der Waals surface area contributed by atoms with Gasteiger partial charge in [-0.3, -0.25) is 4.79 Å². The molecule has 0 amide bonds. The van der Waals surface area contributed by atoms with Crippen molar-refractivity contribution in [1.82, 2.24) is 0 Å². The number of aliphatic carboxylic acids is 1. The van der Waals surface area contributed by atoms with Gasteiger partial charge in [-0.15, -0.1) is 0 Å². The number of rotatable bonds is 3. The van der Waals surface area contributed by atoms with Crippen LogP contribution >= 0.6 is 15.9 Å². The SMILES string of the molecule is Cc1cc(Br)oc1CC(C)(C)C(=O)O. The Balaban J connectivity index is 2.88. The quantitative estimate of drug-likeness (QED) is 0.909. The molecule has 0 aliphatic heterocycles. The molecule has 0 unspecified atom stereocenters. The Kier molecular flexibility index (Phi) is 3.04. The average molecular weight is 261 g/mol. The predicted octanol–water partition coefficient (Wildman–Crippen LogP) is 3.00. The van der Waals surface area contributed by atoms with Gasteiger partial charge < -0.3 is 9.52 Å². The first-order chi connectivity index (χ1) is 6.33. The summed E-state index contributed by atoms with van der Waals surface area (Å²) in [6, 6.07) is 1.84. The van der Waals surface area contributed by atoms with E-state index in [0.29, 0.717) is 11.1 Å². The molecule has 0 aliphatic rings. The van der Waals surface area contributed by atoms with Gasteiger partial charge in [0.1, 0.15) is 5.76 Å². The van der Waals surface area contributed by atoms with E-state index in [4.69, 9.17) is 9.52 Å². The maximum atomic E-state index is 10.9. The third kappa shape index (κ3) is 2.38. The summed E-state index contributed by atoms with van der Waals surface area (Å²) in [5, 5.41) is 8.95. The Hall–Kier alpha value is -0.770. The minimum Gasteiger partial charge on any atom is -0.481 e. The van der Waals surface area contributed by atoms with Crippen LogP contribution in [0.25, 0.3) is 0 Å². The largest absolute Gasteiger partial charge is 0.481 e. The Morgan fingerprint density at radius 3 is 2.57 bits per heavy atom. The zero-order chi connectivity index (χ0) is 10.9. The van der Waals surface area contributed by atoms with Crippen LogP contribution in [0.5, 0.6) is 0 Å². The molecule has 1 aromatic heterocycles. The molecule has 1 heterocycles. The first kappa shape index (κ1) is 11.3. The van der Waals surface area contributed by atoms with Gasteiger partial charge in [-0.25, -0.2) is 0 Å². The minimum atomic E-state index is -0.815. The third-order valence-electron chi connectivity index (χ3n) is 2.17. The lowest BCUT2D eigenvalue weighted by Gasteiger charge is -2.17. The Morgan fingerprint density at radius 2 is 2.21 bits per heavy atom. The lowest BCUT2D eigenvalue weighted by Crippen LogP contribution is -2.26. The molecule has 4 heteroatoms. The van der Waals surface area contributed by atoms with Crippen LogP contribution in [0, 0.1) is 12.3 Å². The van der Waals surface area contributed by atoms with E-state index in [0.717, 1.165) is 11.3 Å². The highest BCUT2D eigenvalue weighted by molar-refractivity contribution is 9.10. The van der Waals surface area contributed by atoms with Crippen LogP contribution in [-0.4, -0.2) is 11.1 Å². The predicted molar refractivity (Wildman–Crippen MR) is 56.3 cm³/mol. The summed E-state index contributed by atoms with van der Waals surface area (Å²) in [6.07, 6.45) is 0.403. The number of halogens is 1. The second-order valence-electron chi connectivity index (χ2n) is 4.02. The Labute approximate surface area is 91.2 Å². The fourth-order valence-electron chi connectivity index (χ4n) is 1.13. The number of carboxylic acids is 1. The minimum absolute atomic E-state index is 0.403. The van der Waals surface area contributed by atoms with Gasteiger partial charge in [-0.2, -0.15) is 0 Å². The van der Waals surface area contributed by atoms with Crippen LogP contribution in [0.15, 0.2) is 15.2 Å². The van der Waals surface area contributed by atoms with E-state index in [2.05, 4.69) is 15.9 Å². The lowest BCUT2D eigenvalue weighted by molar-refractivity contribution is -0.147. The maximum Gasteiger partial charge on any atom is 0.309 e. The summed E-state index contributed by atoms with van der Waals surface area (Å²) in [6.45, 7) is 5.28. The van der Waals surface area contributed by atoms with E-state index in [-0.39, 0.29) is 0 Å². The van der Waals surface area contributed by atoms with Crippen molar-refractivity contribution in [3.63, 3.8) is 0 Å². The van der Waals surface area contributed by atoms with E-state index in [1.807, 2.05) is 13.0 Å². The van der Waals surface area contributed by atoms with Crippen LogP contribution < -0.4 is 0 Å². The summed E-state index contributed by atoms with van der Waals surface area (Å²) >= 11 is 3.21. The Morgan fingerprint density at radius 1 is 1.64 bits per heavy atom. The molecule has 3 nitrogen and oxygen atoms in total. The van der Waals surface area contributed by atoms with Crippen molar-refractivity contribution in [3.8, 4) is 0 Å². The van der Waals surface area contributed by atoms with Crippen molar-refractivity contribution in [2.75, 3.05) is 0 Å². The van der Waals surface area contributed by atoms with Crippen molar-refractivity contribution in [3.05, 3.63) is 22.1 Å². The number of furan rings is 1. The van der Waals surface area contributed by atoms with E-state index < -0.39 is 11.4 Å². The smallest absolute Gasteiger partial charge is 0.309 e. The van der Waals surface area contributed by atoms with Crippen LogP contribution in [-0.2, 0) is 11.2 Å². The lowest BCUT2D eigenvalue weighted by atomic mass is 9.87. The molecule has 1 rings (SSSR count). The van der Waals surface area contributed by atoms with Crippen molar-refractivity contribution in [2.24, 2.45) is 5.41 Å². The molecule has 0 saturated heterocycles. The molecule has 1 N–H and O–H groups in total. The third-order valence-corrected chi connectivity index (χ3v) is 2.56. The van der Waals surface area contributed by atoms with Gasteiger partial charge in [-0.05, 0) is 48.3 Å². The molecule has 14 heavy (non-hydrogen) atoms. The van der Waals surface area contributed by atoms with E-state index in [9.17, 15) is 4.79 Å². The van der Waals surface area contributed by atoms with Crippen molar-refractivity contribution >= 4 is 21.9 Å². The number of carbonyl (C=O) groups is 1. The molecule has 0 fully saturated rings. The fraction of sp³-hybridized carbons (Fsp3) is 0.500. The molecule has 0 atom stereocenters. The van der Waals surface area contributed by atoms with E-state index in [1.54, 1.807) is 13.8 Å². The zero-order valence-corrected chi connectivity index (χ0v) is 10.0. The van der Waals surface area contributed by atoms with Gasteiger partial charge in [-0.1, -0.05) is 0 Å². The van der Waals surface area contributed by atoms with Crippen LogP contribution in [0.1, 0.15) is 25.2 Å². The molecule has 0 aliphatic carbocycles. The van der Waals surface area contributed by atoms with E-state index in [1.165, 1.54) is 0 Å². The molecule has 0 radical (unpaired) electrons. The number of hydrogen-bond donors (Lipinski definition) is 1. The highest BCUT2D eigenvalue weighted by Crippen LogP contribution is 2.27. The summed E-state index contributed by atoms with van der Waals surface area (Å²) in [5.74, 6) is -0.0892. The van der Waals surface area contributed by atoms with Gasteiger partial charge in [0.2, 0.25) is 0 Å². The topological polar surface area (TPSA) is 50.4 Å². The zero-order valence-electron chi connectivity index (χ0n) is 8.43. The summed E-state index contributed by atoms with van der Waals surface area (Å²) in [7, 11) is 0. The molecule has 0 spiro atoms. The summed E-state index contributed by atoms with van der Waals surface area (Å²) in [5.41, 5.74) is 0.188. The maximum absolute atomic E-state index is 10.9. The standard InChI is InChI=1S/C10H13BrO3/c1-6-4-8(11)14-7(6)5-10(2,3)9(12)13/h4H,5H2,1-3H3,(H,12,13). The van der Waals surface area contributed by atoms with Crippen LogP contribution in [0.4, 0.5) is 0 Å². The highest BCUT2D eigenvalue weighted by Gasteiger charge is 2.29. The first-order valence-corrected chi connectivity index (χ1v) is 5.10. The second kappa shape index (κ2) is 3.77. The highest BCUT2D eigenvalue weighted by atomic mass is 79.9. The molecule has 0 saturated carbocycles. The van der Waals surface area contributed by atoms with Gasteiger partial charge in [0.25, 0.3) is 0 Å². The molecule has 0 bridgehead atoms. The molecular weight excluding hydrogens is 248 g/mol. The van der Waals surface area contributed by atoms with Crippen molar-refractivity contribution in [1.29, 1.82) is 0 Å². The van der Waals surface area contributed by atoms with Gasteiger partial charge in [0.15, 0.2) is 4.67 Å². The molecule has 0 aromatic carbocycles. The van der Waals surface area contributed by atoms with Crippen molar-refractivity contribution < 1.29 is 14.3 Å². The van der Waals surface area contributed by atoms with Gasteiger partial charge in [0.05, 0.1) is 5.41 Å². The summed E-state index contributed by atoms with van der Waals surface area (Å²) in [4.78, 5) is 10.9. The summed E-state index contributed by atoms with van der Waals surface area (Å²) < 4.78 is 6.00. The number of carboxylic acid groups (broad SMARTS) is 1. The first-order valence-electron chi connectivity index (χ1n) is 4.31. The van der Waals surface area contributed by atoms with E-state index >= 15 is 0 Å². The second-order valence-corrected chi connectivity index (χ2v) is 4.80.